The fraction of sp³-hybridized carbons (Fsp3) is 0.579. The van der Waals surface area contributed by atoms with Crippen LogP contribution in [0.4, 0.5) is 5.69 Å². The van der Waals surface area contributed by atoms with Crippen LogP contribution in [0, 0.1) is 17.8 Å². The van der Waals surface area contributed by atoms with Gasteiger partial charge < -0.3 is 91.7 Å². The Morgan fingerprint density at radius 1 is 0.709 bits per heavy atom. The van der Waals surface area contributed by atoms with E-state index in [0.29, 0.717) is 17.7 Å². The second kappa shape index (κ2) is 33.0. The van der Waals surface area contributed by atoms with Crippen LogP contribution in [0.15, 0.2) is 109 Å². The molecular weight excluding hydrogens is 1030 g/mol. The number of carboxylic acid groups (broad SMARTS) is 1. The van der Waals surface area contributed by atoms with E-state index in [-0.39, 0.29) is 30.5 Å². The third-order valence-electron chi connectivity index (χ3n) is 13.8. The van der Waals surface area contributed by atoms with E-state index >= 15 is 0 Å². The molecule has 2 bridgehead atoms. The van der Waals surface area contributed by atoms with Gasteiger partial charge in [0.15, 0.2) is 24.2 Å². The lowest BCUT2D eigenvalue weighted by atomic mass is 9.82. The summed E-state index contributed by atoms with van der Waals surface area (Å²) in [4.78, 5) is 51.5. The van der Waals surface area contributed by atoms with E-state index in [1.54, 1.807) is 91.1 Å². The third kappa shape index (κ3) is 23.1. The number of ketones is 2. The highest BCUT2D eigenvalue weighted by atomic mass is 16.7. The Kier molecular flexibility index (Phi) is 27.7. The van der Waals surface area contributed by atoms with Crippen LogP contribution in [0.25, 0.3) is 0 Å². The maximum atomic E-state index is 13.3. The largest absolute Gasteiger partial charge is 0.481 e. The number of rotatable bonds is 10. The van der Waals surface area contributed by atoms with E-state index in [4.69, 9.17) is 30.4 Å². The van der Waals surface area contributed by atoms with Crippen LogP contribution < -0.4 is 11.5 Å². The fourth-order valence-electron chi connectivity index (χ4n) is 9.71. The lowest BCUT2D eigenvalue weighted by Crippen LogP contribution is -2.62. The van der Waals surface area contributed by atoms with Crippen molar-refractivity contribution in [2.75, 3.05) is 5.73 Å². The number of Topliss-reactive ketones (excluding diaryl/α,β-unsaturated/α-hetero) is 2. The Bertz CT molecular complexity index is 2290. The molecule has 1 aromatic rings. The lowest BCUT2D eigenvalue weighted by Gasteiger charge is -2.45. The molecule has 0 aromatic heterocycles. The smallest absolute Gasteiger partial charge is 0.311 e. The zero-order valence-corrected chi connectivity index (χ0v) is 44.6. The average Bonchev–Trinajstić information content (AvgIpc) is 3.35. The number of allylic oxidation sites excluding steroid dienone is 12. The molecule has 0 aliphatic carbocycles. The van der Waals surface area contributed by atoms with Crippen molar-refractivity contribution in [3.63, 3.8) is 0 Å². The van der Waals surface area contributed by atoms with Crippen LogP contribution in [0.3, 0.4) is 0 Å². The minimum absolute atomic E-state index is 0.134. The molecule has 14 unspecified atom stereocenters. The number of hydrogen-bond donors (Lipinski definition) is 14. The molecule has 22 heteroatoms. The fourth-order valence-corrected chi connectivity index (χ4v) is 9.71. The number of esters is 1. The summed E-state index contributed by atoms with van der Waals surface area (Å²) in [6.45, 7) is 3.66. The van der Waals surface area contributed by atoms with Crippen molar-refractivity contribution < 1.29 is 99.4 Å². The van der Waals surface area contributed by atoms with Crippen molar-refractivity contribution in [2.24, 2.45) is 23.5 Å². The number of hydrogen-bond acceptors (Lipinski definition) is 21. The van der Waals surface area contributed by atoms with Crippen LogP contribution >= 0.6 is 0 Å². The third-order valence-corrected chi connectivity index (χ3v) is 13.8. The van der Waals surface area contributed by atoms with E-state index in [2.05, 4.69) is 0 Å². The van der Waals surface area contributed by atoms with Gasteiger partial charge in [0.25, 0.3) is 0 Å². The van der Waals surface area contributed by atoms with Gasteiger partial charge in [-0.3, -0.25) is 19.2 Å². The van der Waals surface area contributed by atoms with Crippen LogP contribution in [0.5, 0.6) is 0 Å². The van der Waals surface area contributed by atoms with Crippen molar-refractivity contribution in [3.05, 3.63) is 115 Å². The number of anilines is 1. The molecule has 4 rings (SSSR count). The van der Waals surface area contributed by atoms with Crippen molar-refractivity contribution >= 4 is 29.2 Å². The number of benzene rings is 1. The van der Waals surface area contributed by atoms with E-state index in [9.17, 15) is 80.5 Å². The summed E-state index contributed by atoms with van der Waals surface area (Å²) in [5, 5.41) is 129. The van der Waals surface area contributed by atoms with E-state index in [1.807, 2.05) is 19.9 Å². The summed E-state index contributed by atoms with van der Waals surface area (Å²) < 4.78 is 23.0. The minimum Gasteiger partial charge on any atom is -0.481 e. The molecule has 2 fully saturated rings. The molecule has 0 spiro atoms. The zero-order chi connectivity index (χ0) is 58.4. The first-order valence-corrected chi connectivity index (χ1v) is 26.6. The number of fused-ring (bicyclic) bond motifs is 2. The molecule has 2 saturated heterocycles. The van der Waals surface area contributed by atoms with Crippen LogP contribution in [-0.2, 0) is 33.3 Å². The monoisotopic (exact) mass is 1110 g/mol. The molecule has 79 heavy (non-hydrogen) atoms. The molecule has 1 aromatic carbocycles. The maximum Gasteiger partial charge on any atom is 0.311 e. The molecular formula is C57H82N2O20. The first-order chi connectivity index (χ1) is 37.3. The molecule has 0 saturated carbocycles. The van der Waals surface area contributed by atoms with Gasteiger partial charge in [0.05, 0.1) is 67.4 Å². The first-order valence-electron chi connectivity index (χ1n) is 26.6. The van der Waals surface area contributed by atoms with Gasteiger partial charge >= 0.3 is 11.9 Å². The predicted molar refractivity (Wildman–Crippen MR) is 287 cm³/mol. The van der Waals surface area contributed by atoms with Gasteiger partial charge in [-0.15, -0.1) is 0 Å². The Hall–Kier alpha value is -5.12. The maximum absolute atomic E-state index is 13.3. The number of aliphatic hydroxyl groups is 11. The number of nitrogens with two attached hydrogens (primary N) is 2. The summed E-state index contributed by atoms with van der Waals surface area (Å²) in [6, 6.07) is 4.95. The van der Waals surface area contributed by atoms with E-state index < -0.39 is 179 Å². The number of carboxylic acids is 1. The van der Waals surface area contributed by atoms with Crippen molar-refractivity contribution in [2.45, 2.75) is 189 Å². The SMILES string of the molecule is CC1/C=C/C=C/C=C/C=C/C=C/C=C/C=C/C(O[C@H]2O[C@@H](O)[C@H](O)[C@@H](N)[C@H]2O)CC2OC(O)(CC(O)CC(O)CC(O)CC(O)CC(=O)CC(O)CC(=O)OC1C(C)CCC(O)CC(=O)c1ccc(N)cc1)CC(O)C2C(=O)O. The van der Waals surface area contributed by atoms with Crippen molar-refractivity contribution in [1.29, 1.82) is 0 Å². The normalized spacial score (nSPS) is 38.4. The van der Waals surface area contributed by atoms with Gasteiger partial charge in [-0.1, -0.05) is 98.9 Å². The second-order valence-electron chi connectivity index (χ2n) is 20.9. The van der Waals surface area contributed by atoms with Crippen LogP contribution in [0.2, 0.25) is 0 Å². The molecule has 3 heterocycles. The molecule has 3 aliphatic rings. The first kappa shape index (κ1) is 66.4. The Morgan fingerprint density at radius 2 is 1.25 bits per heavy atom. The average molecular weight is 1120 g/mol. The topological polar surface area (TPSA) is 400 Å². The molecule has 3 aliphatic heterocycles. The predicted octanol–water partition coefficient (Wildman–Crippen LogP) is 1.22. The number of carbonyl (C=O) groups excluding carboxylic acids is 3. The van der Waals surface area contributed by atoms with Gasteiger partial charge in [-0.05, 0) is 62.3 Å². The molecule has 0 amide bonds. The number of ether oxygens (including phenoxy) is 4. The second-order valence-corrected chi connectivity index (χ2v) is 20.9. The number of nitrogen functional groups attached to an aromatic ring is 1. The molecule has 22 nitrogen and oxygen atoms in total. The van der Waals surface area contributed by atoms with Gasteiger partial charge in [0.2, 0.25) is 0 Å². The summed E-state index contributed by atoms with van der Waals surface area (Å²) >= 11 is 0. The Balaban J connectivity index is 1.54. The number of cyclic esters (lactones) is 1. The lowest BCUT2D eigenvalue weighted by molar-refractivity contribution is -0.331. The standard InChI is InChI=1S/C57H82N2O20/c1-33-15-13-11-9-7-5-3-4-6-8-10-12-14-16-44(76-56-52(71)50(59)51(70)55(74)78-56)30-47-49(54(72)73)46(68)32-57(75,79-47)31-43(66)27-41(64)25-39(62)23-38(61)24-40(63)26-42(65)29-48(69)77-53(33)34(2)17-22-37(60)28-45(67)35-18-20-36(58)21-19-35/h3-16,18-21,33-34,37-39,41-44,46-47,49-53,55-56,60-62,64-66,68,70-71,74-75H,17,22-32,58-59H2,1-2H3,(H,72,73)/b4-3+,7-5+,8-6+,11-9+,12-10+,15-13+,16-14+/t33?,34?,37?,38?,39?,41?,42?,43?,44?,46?,47?,49?,50-,51-,52-,53?,55-,56+,57?/m1/s1. The summed E-state index contributed by atoms with van der Waals surface area (Å²) in [6.07, 6.45) is -1.14. The van der Waals surface area contributed by atoms with Gasteiger partial charge in [-0.2, -0.15) is 0 Å². The van der Waals surface area contributed by atoms with E-state index in [0.717, 1.165) is 0 Å². The summed E-state index contributed by atoms with van der Waals surface area (Å²) in [5.74, 6) is -7.98. The highest BCUT2D eigenvalue weighted by Gasteiger charge is 2.51. The molecule has 440 valence electrons. The number of carbonyl (C=O) groups is 4. The van der Waals surface area contributed by atoms with Gasteiger partial charge in [0.1, 0.15) is 30.0 Å². The Labute approximate surface area is 460 Å². The van der Waals surface area contributed by atoms with Crippen LogP contribution in [-0.4, -0.2) is 182 Å². The molecule has 19 atom stereocenters. The van der Waals surface area contributed by atoms with Gasteiger partial charge in [0, 0.05) is 55.7 Å². The quantitative estimate of drug-likeness (QED) is 0.0889. The number of aliphatic carboxylic acids is 1. The number of aliphatic hydroxyl groups excluding tert-OH is 10. The van der Waals surface area contributed by atoms with Crippen molar-refractivity contribution in [3.8, 4) is 0 Å². The molecule has 0 radical (unpaired) electrons. The minimum atomic E-state index is -2.38. The van der Waals surface area contributed by atoms with E-state index in [1.165, 1.54) is 12.2 Å². The van der Waals surface area contributed by atoms with Crippen LogP contribution in [0.1, 0.15) is 101 Å². The summed E-state index contributed by atoms with van der Waals surface area (Å²) in [5.41, 5.74) is 12.5. The van der Waals surface area contributed by atoms with Gasteiger partial charge in [-0.25, -0.2) is 0 Å². The highest BCUT2D eigenvalue weighted by Crippen LogP contribution is 2.38. The zero-order valence-electron chi connectivity index (χ0n) is 44.6. The Morgan fingerprint density at radius 3 is 1.85 bits per heavy atom. The highest BCUT2D eigenvalue weighted by molar-refractivity contribution is 5.96. The van der Waals surface area contributed by atoms with Crippen molar-refractivity contribution in [1.82, 2.24) is 0 Å². The summed E-state index contributed by atoms with van der Waals surface area (Å²) in [7, 11) is 0. The molecule has 16 N–H and O–H groups in total.